The number of aromatic amines is 2. The van der Waals surface area contributed by atoms with Crippen molar-refractivity contribution < 1.29 is 9.84 Å². The van der Waals surface area contributed by atoms with Gasteiger partial charge in [-0.25, -0.2) is 4.79 Å². The zero-order valence-corrected chi connectivity index (χ0v) is 8.97. The Morgan fingerprint density at radius 2 is 2.00 bits per heavy atom. The van der Waals surface area contributed by atoms with E-state index in [1.165, 1.54) is 6.21 Å². The molecule has 0 amide bonds. The van der Waals surface area contributed by atoms with Gasteiger partial charge >= 0.3 is 5.69 Å². The minimum Gasteiger partial charge on any atom is -0.494 e. The van der Waals surface area contributed by atoms with Gasteiger partial charge in [0, 0.05) is 0 Å². The molecule has 17 heavy (non-hydrogen) atoms. The Bertz CT molecular complexity index is 527. The van der Waals surface area contributed by atoms with Gasteiger partial charge in [0.1, 0.15) is 5.56 Å². The maximum Gasteiger partial charge on any atom is 0.328 e. The first-order valence-corrected chi connectivity index (χ1v) is 5.09. The lowest BCUT2D eigenvalue weighted by molar-refractivity contribution is 0.0397. The molecule has 0 unspecified atom stereocenters. The minimum atomic E-state index is -0.754. The van der Waals surface area contributed by atoms with Gasteiger partial charge in [-0.2, -0.15) is 5.10 Å². The molecule has 1 aliphatic rings. The van der Waals surface area contributed by atoms with Crippen molar-refractivity contribution in [3.8, 4) is 5.88 Å². The first-order valence-electron chi connectivity index (χ1n) is 5.09. The van der Waals surface area contributed by atoms with E-state index in [4.69, 9.17) is 4.74 Å². The molecule has 92 valence electrons. The number of hydrogen-bond donors (Lipinski definition) is 3. The summed E-state index contributed by atoms with van der Waals surface area (Å²) in [6.07, 6.45) is 1.22. The maximum absolute atomic E-state index is 11.4. The number of ether oxygens (including phenoxy) is 1. The molecule has 0 radical (unpaired) electrons. The van der Waals surface area contributed by atoms with E-state index < -0.39 is 17.1 Å². The average Bonchev–Trinajstić information content (AvgIpc) is 2.29. The van der Waals surface area contributed by atoms with E-state index in [-0.39, 0.29) is 5.56 Å². The van der Waals surface area contributed by atoms with E-state index in [1.807, 2.05) is 4.98 Å². The number of nitrogens with zero attached hydrogens (tertiary/aromatic N) is 2. The van der Waals surface area contributed by atoms with Gasteiger partial charge in [-0.15, -0.1) is 0 Å². The van der Waals surface area contributed by atoms with Gasteiger partial charge in [0.15, 0.2) is 0 Å². The summed E-state index contributed by atoms with van der Waals surface area (Å²) in [5.41, 5.74) is -1.50. The predicted octanol–water partition coefficient (Wildman–Crippen LogP) is -1.57. The smallest absolute Gasteiger partial charge is 0.328 e. The highest BCUT2D eigenvalue weighted by Crippen LogP contribution is 2.03. The molecule has 8 nitrogen and oxygen atoms in total. The number of nitrogens with one attached hydrogen (secondary N) is 2. The Morgan fingerprint density at radius 3 is 2.65 bits per heavy atom. The van der Waals surface area contributed by atoms with E-state index in [0.717, 1.165) is 0 Å². The van der Waals surface area contributed by atoms with E-state index in [9.17, 15) is 14.7 Å². The molecular weight excluding hydrogens is 228 g/mol. The summed E-state index contributed by atoms with van der Waals surface area (Å²) in [5, 5.41) is 15.1. The molecule has 1 aromatic rings. The van der Waals surface area contributed by atoms with Gasteiger partial charge in [0.05, 0.1) is 32.5 Å². The molecule has 0 bridgehead atoms. The molecule has 1 fully saturated rings. The van der Waals surface area contributed by atoms with E-state index in [0.29, 0.717) is 26.3 Å². The lowest BCUT2D eigenvalue weighted by Gasteiger charge is -2.23. The highest BCUT2D eigenvalue weighted by atomic mass is 16.5. The summed E-state index contributed by atoms with van der Waals surface area (Å²) in [6, 6.07) is 0. The number of hydrazone groups is 1. The number of aromatic hydroxyl groups is 1. The van der Waals surface area contributed by atoms with Crippen molar-refractivity contribution >= 4 is 6.21 Å². The number of hydrogen-bond acceptors (Lipinski definition) is 6. The summed E-state index contributed by atoms with van der Waals surface area (Å²) in [4.78, 5) is 26.3. The lowest BCUT2D eigenvalue weighted by atomic mass is 10.3. The predicted molar refractivity (Wildman–Crippen MR) is 59.3 cm³/mol. The van der Waals surface area contributed by atoms with Crippen molar-refractivity contribution in [1.82, 2.24) is 15.0 Å². The summed E-state index contributed by atoms with van der Waals surface area (Å²) in [6.45, 7) is 2.40. The molecule has 2 rings (SSSR count). The quantitative estimate of drug-likeness (QED) is 0.541. The van der Waals surface area contributed by atoms with Gasteiger partial charge < -0.3 is 9.84 Å². The number of H-pyrrole nitrogens is 2. The summed E-state index contributed by atoms with van der Waals surface area (Å²) in [5.74, 6) is -0.490. The van der Waals surface area contributed by atoms with Crippen molar-refractivity contribution in [2.75, 3.05) is 26.3 Å². The second-order valence-electron chi connectivity index (χ2n) is 3.48. The van der Waals surface area contributed by atoms with Gasteiger partial charge in [-0.3, -0.25) is 19.8 Å². The fraction of sp³-hybridized carbons (Fsp3) is 0.444. The van der Waals surface area contributed by atoms with Gasteiger partial charge in [-0.05, 0) is 0 Å². The third kappa shape index (κ3) is 2.72. The van der Waals surface area contributed by atoms with Crippen molar-refractivity contribution in [3.63, 3.8) is 0 Å². The van der Waals surface area contributed by atoms with Crippen LogP contribution in [0.4, 0.5) is 0 Å². The molecule has 3 N–H and O–H groups in total. The zero-order valence-electron chi connectivity index (χ0n) is 8.97. The number of morpholine rings is 1. The van der Waals surface area contributed by atoms with E-state index in [2.05, 4.69) is 10.1 Å². The first-order chi connectivity index (χ1) is 8.16. The van der Waals surface area contributed by atoms with Crippen LogP contribution in [-0.2, 0) is 4.74 Å². The topological polar surface area (TPSA) is 111 Å². The molecule has 0 spiro atoms. The largest absolute Gasteiger partial charge is 0.494 e. The second kappa shape index (κ2) is 4.83. The van der Waals surface area contributed by atoms with E-state index >= 15 is 0 Å². The molecular formula is C9H12N4O4. The summed E-state index contributed by atoms with van der Waals surface area (Å²) < 4.78 is 5.13. The van der Waals surface area contributed by atoms with Crippen LogP contribution >= 0.6 is 0 Å². The van der Waals surface area contributed by atoms with E-state index in [1.54, 1.807) is 5.01 Å². The van der Waals surface area contributed by atoms with Crippen LogP contribution in [-0.4, -0.2) is 52.6 Å². The molecule has 0 aliphatic carbocycles. The molecule has 1 aromatic heterocycles. The molecule has 8 heteroatoms. The van der Waals surface area contributed by atoms with Crippen LogP contribution in [0.25, 0.3) is 0 Å². The van der Waals surface area contributed by atoms with Crippen LogP contribution in [0.2, 0.25) is 0 Å². The first kappa shape index (κ1) is 11.4. The highest BCUT2D eigenvalue weighted by Gasteiger charge is 2.09. The van der Waals surface area contributed by atoms with Crippen LogP contribution in [0.1, 0.15) is 5.56 Å². The molecule has 0 saturated carbocycles. The zero-order chi connectivity index (χ0) is 12.3. The van der Waals surface area contributed by atoms with Gasteiger partial charge in [0.25, 0.3) is 5.56 Å². The van der Waals surface area contributed by atoms with Crippen molar-refractivity contribution in [2.45, 2.75) is 0 Å². The summed E-state index contributed by atoms with van der Waals surface area (Å²) >= 11 is 0. The Hall–Kier alpha value is -2.09. The Morgan fingerprint density at radius 1 is 1.29 bits per heavy atom. The fourth-order valence-electron chi connectivity index (χ4n) is 1.41. The van der Waals surface area contributed by atoms with Crippen LogP contribution < -0.4 is 11.2 Å². The van der Waals surface area contributed by atoms with Gasteiger partial charge in [-0.1, -0.05) is 0 Å². The minimum absolute atomic E-state index is 0.0731. The Kier molecular flexibility index (Phi) is 3.24. The standard InChI is InChI=1S/C9H12N4O4/c14-7-6(8(15)12-9(16)11-7)5-10-13-1-3-17-4-2-13/h5H,1-4H2,(H3,11,12,14,15,16)/b10-5+. The molecule has 1 aliphatic heterocycles. The maximum atomic E-state index is 11.4. The van der Waals surface area contributed by atoms with Crippen molar-refractivity contribution in [1.29, 1.82) is 0 Å². The number of rotatable bonds is 2. The second-order valence-corrected chi connectivity index (χ2v) is 3.48. The van der Waals surface area contributed by atoms with Crippen LogP contribution in [0.5, 0.6) is 5.88 Å². The molecule has 0 atom stereocenters. The Labute approximate surface area is 95.5 Å². The molecule has 0 aromatic carbocycles. The van der Waals surface area contributed by atoms with Crippen molar-refractivity contribution in [2.24, 2.45) is 5.10 Å². The van der Waals surface area contributed by atoms with Gasteiger partial charge in [0.2, 0.25) is 5.88 Å². The third-order valence-corrected chi connectivity index (χ3v) is 2.30. The van der Waals surface area contributed by atoms with Crippen molar-refractivity contribution in [3.05, 3.63) is 26.4 Å². The molecule has 1 saturated heterocycles. The average molecular weight is 240 g/mol. The summed E-state index contributed by atoms with van der Waals surface area (Å²) in [7, 11) is 0. The highest BCUT2D eigenvalue weighted by molar-refractivity contribution is 5.81. The fourth-order valence-corrected chi connectivity index (χ4v) is 1.41. The lowest BCUT2D eigenvalue weighted by Crippen LogP contribution is -2.32. The SMILES string of the molecule is O=c1[nH]c(O)c(/C=N/N2CCOCC2)c(=O)[nH]1. The van der Waals surface area contributed by atoms with Crippen LogP contribution in [0, 0.1) is 0 Å². The van der Waals surface area contributed by atoms with Crippen LogP contribution in [0.3, 0.4) is 0 Å². The monoisotopic (exact) mass is 240 g/mol. The number of aromatic nitrogens is 2. The molecule has 2 heterocycles. The van der Waals surface area contributed by atoms with Crippen LogP contribution in [0.15, 0.2) is 14.7 Å². The normalized spacial score (nSPS) is 16.6. The third-order valence-electron chi connectivity index (χ3n) is 2.30. The Balaban J connectivity index is 2.20.